The maximum Gasteiger partial charge on any atom is 0.234 e. The van der Waals surface area contributed by atoms with Crippen LogP contribution < -0.4 is 11.1 Å². The molecule has 0 saturated heterocycles. The molecule has 0 radical (unpaired) electrons. The van der Waals surface area contributed by atoms with E-state index in [0.717, 1.165) is 29.9 Å². The number of thioether (sulfide) groups is 1. The second-order valence-corrected chi connectivity index (χ2v) is 7.64. The Bertz CT molecular complexity index is 835. The topological polar surface area (TPSA) is 103 Å². The molecule has 0 bridgehead atoms. The van der Waals surface area contributed by atoms with Gasteiger partial charge in [-0.05, 0) is 43.5 Å². The van der Waals surface area contributed by atoms with Crippen molar-refractivity contribution in [3.63, 3.8) is 0 Å². The van der Waals surface area contributed by atoms with Crippen molar-refractivity contribution in [3.05, 3.63) is 34.6 Å². The third-order valence-corrected chi connectivity index (χ3v) is 5.22. The average molecular weight is 394 g/mol. The minimum absolute atomic E-state index is 0.121. The Kier molecular flexibility index (Phi) is 5.83. The summed E-state index contributed by atoms with van der Waals surface area (Å²) in [6, 6.07) is 5.69. The number of hydrogen-bond acceptors (Lipinski definition) is 5. The first-order chi connectivity index (χ1) is 12.4. The van der Waals surface area contributed by atoms with Crippen molar-refractivity contribution >= 4 is 40.9 Å². The molecular weight excluding hydrogens is 374 g/mol. The number of rotatable bonds is 8. The molecule has 2 aromatic rings. The molecule has 1 heterocycles. The second kappa shape index (κ2) is 8.09. The first-order valence-corrected chi connectivity index (χ1v) is 9.71. The number of nitrogens with zero attached hydrogens (tertiary/aromatic N) is 3. The van der Waals surface area contributed by atoms with Gasteiger partial charge in [0.25, 0.3) is 0 Å². The van der Waals surface area contributed by atoms with Gasteiger partial charge in [-0.2, -0.15) is 0 Å². The van der Waals surface area contributed by atoms with Crippen LogP contribution in [0.5, 0.6) is 0 Å². The Hall–Kier alpha value is -2.06. The molecule has 138 valence electrons. The van der Waals surface area contributed by atoms with Crippen LogP contribution in [0.25, 0.3) is 0 Å². The van der Waals surface area contributed by atoms with Crippen LogP contribution in [0.3, 0.4) is 0 Å². The fourth-order valence-electron chi connectivity index (χ4n) is 2.59. The summed E-state index contributed by atoms with van der Waals surface area (Å²) in [5.74, 6) is 0.498. The van der Waals surface area contributed by atoms with Crippen LogP contribution in [0, 0.1) is 6.92 Å². The smallest absolute Gasteiger partial charge is 0.234 e. The van der Waals surface area contributed by atoms with Gasteiger partial charge in [0.2, 0.25) is 11.8 Å². The first kappa shape index (κ1) is 18.7. The molecule has 1 aliphatic carbocycles. The normalized spacial score (nSPS) is 13.6. The lowest BCUT2D eigenvalue weighted by molar-refractivity contribution is -0.118. The van der Waals surface area contributed by atoms with E-state index in [1.807, 2.05) is 11.5 Å². The summed E-state index contributed by atoms with van der Waals surface area (Å²) in [7, 11) is 0. The van der Waals surface area contributed by atoms with Crippen molar-refractivity contribution in [2.45, 2.75) is 43.8 Å². The fraction of sp³-hybridized carbons (Fsp3) is 0.412. The lowest BCUT2D eigenvalue weighted by Gasteiger charge is -2.10. The summed E-state index contributed by atoms with van der Waals surface area (Å²) in [4.78, 5) is 23.3. The molecule has 1 saturated carbocycles. The third kappa shape index (κ3) is 4.76. The van der Waals surface area contributed by atoms with Gasteiger partial charge < -0.3 is 15.6 Å². The van der Waals surface area contributed by atoms with Gasteiger partial charge in [-0.3, -0.25) is 9.59 Å². The van der Waals surface area contributed by atoms with Crippen LogP contribution in [0.2, 0.25) is 5.02 Å². The molecule has 2 amide bonds. The van der Waals surface area contributed by atoms with Gasteiger partial charge in [-0.1, -0.05) is 23.4 Å². The van der Waals surface area contributed by atoms with Gasteiger partial charge in [0.15, 0.2) is 5.16 Å². The van der Waals surface area contributed by atoms with Crippen LogP contribution in [0.4, 0.5) is 5.69 Å². The molecule has 3 N–H and O–H groups in total. The number of hydrogen-bond donors (Lipinski definition) is 2. The lowest BCUT2D eigenvalue weighted by Crippen LogP contribution is -2.16. The van der Waals surface area contributed by atoms with Gasteiger partial charge in [-0.15, -0.1) is 10.2 Å². The van der Waals surface area contributed by atoms with Gasteiger partial charge >= 0.3 is 0 Å². The van der Waals surface area contributed by atoms with Gasteiger partial charge in [0.05, 0.1) is 5.75 Å². The highest BCUT2D eigenvalue weighted by atomic mass is 35.5. The van der Waals surface area contributed by atoms with Crippen molar-refractivity contribution < 1.29 is 9.59 Å². The number of primary amides is 1. The van der Waals surface area contributed by atoms with E-state index < -0.39 is 0 Å². The summed E-state index contributed by atoms with van der Waals surface area (Å²) in [5.41, 5.74) is 6.87. The molecule has 3 rings (SSSR count). The van der Waals surface area contributed by atoms with Gasteiger partial charge in [0, 0.05) is 29.6 Å². The van der Waals surface area contributed by atoms with E-state index >= 15 is 0 Å². The summed E-state index contributed by atoms with van der Waals surface area (Å²) in [6.07, 6.45) is 2.83. The number of halogens is 1. The van der Waals surface area contributed by atoms with E-state index in [1.54, 1.807) is 18.2 Å². The number of aromatic nitrogens is 3. The van der Waals surface area contributed by atoms with E-state index in [4.69, 9.17) is 17.3 Å². The predicted molar refractivity (Wildman–Crippen MR) is 101 cm³/mol. The Morgan fingerprint density at radius 3 is 2.81 bits per heavy atom. The number of nitrogens with one attached hydrogen (secondary N) is 1. The monoisotopic (exact) mass is 393 g/mol. The molecule has 26 heavy (non-hydrogen) atoms. The summed E-state index contributed by atoms with van der Waals surface area (Å²) in [6.45, 7) is 1.89. The highest BCUT2D eigenvalue weighted by molar-refractivity contribution is 7.99. The summed E-state index contributed by atoms with van der Waals surface area (Å²) < 4.78 is 2.04. The molecule has 0 spiro atoms. The lowest BCUT2D eigenvalue weighted by atomic mass is 10.2. The largest absolute Gasteiger partial charge is 0.370 e. The number of amides is 2. The molecule has 7 nitrogen and oxygen atoms in total. The molecule has 1 aromatic heterocycles. The zero-order valence-electron chi connectivity index (χ0n) is 14.4. The standard InChI is InChI=1S/C17H20ClN5O2S/c1-10-8-11(18)2-5-13(10)20-16(25)9-26-17-22-21-15(7-6-14(19)24)23(17)12-3-4-12/h2,5,8,12H,3-4,6-7,9H2,1H3,(H2,19,24)(H,20,25). The molecule has 0 unspecified atom stereocenters. The Morgan fingerprint density at radius 2 is 2.15 bits per heavy atom. The predicted octanol–water partition coefficient (Wildman–Crippen LogP) is 2.72. The average Bonchev–Trinajstić information content (AvgIpc) is 3.34. The van der Waals surface area contributed by atoms with Crippen molar-refractivity contribution in [1.29, 1.82) is 0 Å². The summed E-state index contributed by atoms with van der Waals surface area (Å²) in [5, 5.41) is 12.6. The molecule has 1 aromatic carbocycles. The second-order valence-electron chi connectivity index (χ2n) is 6.26. The van der Waals surface area contributed by atoms with Gasteiger partial charge in [-0.25, -0.2) is 0 Å². The maximum absolute atomic E-state index is 12.3. The maximum atomic E-state index is 12.3. The van der Waals surface area contributed by atoms with Crippen LogP contribution in [-0.4, -0.2) is 32.3 Å². The Morgan fingerprint density at radius 1 is 1.38 bits per heavy atom. The SMILES string of the molecule is Cc1cc(Cl)ccc1NC(=O)CSc1nnc(CCC(N)=O)n1C1CC1. The first-order valence-electron chi connectivity index (χ1n) is 8.35. The van der Waals surface area contributed by atoms with Crippen molar-refractivity contribution in [3.8, 4) is 0 Å². The van der Waals surface area contributed by atoms with Crippen LogP contribution >= 0.6 is 23.4 Å². The Balaban J connectivity index is 1.62. The number of nitrogens with two attached hydrogens (primary N) is 1. The van der Waals surface area contributed by atoms with Gasteiger partial charge in [0.1, 0.15) is 5.82 Å². The fourth-order valence-corrected chi connectivity index (χ4v) is 3.65. The molecule has 1 aliphatic rings. The quantitative estimate of drug-likeness (QED) is 0.671. The molecule has 1 fully saturated rings. The Labute approximate surface area is 160 Å². The zero-order valence-corrected chi connectivity index (χ0v) is 15.9. The number of aryl methyl sites for hydroxylation is 2. The van der Waals surface area contributed by atoms with E-state index in [1.165, 1.54) is 11.8 Å². The minimum atomic E-state index is -0.359. The highest BCUT2D eigenvalue weighted by Gasteiger charge is 2.29. The van der Waals surface area contributed by atoms with Crippen molar-refractivity contribution in [1.82, 2.24) is 14.8 Å². The molecule has 9 heteroatoms. The van der Waals surface area contributed by atoms with Crippen LogP contribution in [0.1, 0.15) is 36.7 Å². The minimum Gasteiger partial charge on any atom is -0.370 e. The van der Waals surface area contributed by atoms with E-state index in [-0.39, 0.29) is 24.0 Å². The number of benzene rings is 1. The van der Waals surface area contributed by atoms with Crippen molar-refractivity contribution in [2.75, 3.05) is 11.1 Å². The molecule has 0 atom stereocenters. The number of carbonyl (C=O) groups excluding carboxylic acids is 2. The van der Waals surface area contributed by atoms with Crippen LogP contribution in [0.15, 0.2) is 23.4 Å². The van der Waals surface area contributed by atoms with Crippen molar-refractivity contribution in [2.24, 2.45) is 5.73 Å². The molecule has 0 aliphatic heterocycles. The van der Waals surface area contributed by atoms with Crippen LogP contribution in [-0.2, 0) is 16.0 Å². The third-order valence-electron chi connectivity index (χ3n) is 4.04. The van der Waals surface area contributed by atoms with E-state index in [9.17, 15) is 9.59 Å². The number of carbonyl (C=O) groups is 2. The van der Waals surface area contributed by atoms with E-state index in [0.29, 0.717) is 22.6 Å². The number of anilines is 1. The highest BCUT2D eigenvalue weighted by Crippen LogP contribution is 2.39. The summed E-state index contributed by atoms with van der Waals surface area (Å²) >= 11 is 7.27. The molecular formula is C17H20ClN5O2S. The van der Waals surface area contributed by atoms with E-state index in [2.05, 4.69) is 15.5 Å². The zero-order chi connectivity index (χ0) is 18.7.